The zero-order valence-electron chi connectivity index (χ0n) is 11.7. The van der Waals surface area contributed by atoms with Crippen molar-refractivity contribution in [3.05, 3.63) is 11.4 Å². The van der Waals surface area contributed by atoms with Crippen LogP contribution in [0.2, 0.25) is 0 Å². The normalized spacial score (nSPS) is 12.3. The first-order valence-corrected chi connectivity index (χ1v) is 6.02. The van der Waals surface area contributed by atoms with Crippen molar-refractivity contribution in [1.29, 1.82) is 0 Å². The first kappa shape index (κ1) is 14.5. The van der Waals surface area contributed by atoms with E-state index in [9.17, 15) is 4.79 Å². The Hall–Kier alpha value is -1.56. The summed E-state index contributed by atoms with van der Waals surface area (Å²) in [4.78, 5) is 11.6. The van der Waals surface area contributed by atoms with Crippen LogP contribution in [0.4, 0.5) is 0 Å². The summed E-state index contributed by atoms with van der Waals surface area (Å²) in [5.41, 5.74) is 1.72. The fourth-order valence-corrected chi connectivity index (χ4v) is 1.52. The number of likely N-dealkylation sites (N-methyl/N-ethyl adjacent to an activating group) is 1. The monoisotopic (exact) mass is 254 g/mol. The molecule has 0 fully saturated rings. The van der Waals surface area contributed by atoms with Crippen molar-refractivity contribution in [3.63, 3.8) is 0 Å². The van der Waals surface area contributed by atoms with E-state index in [1.807, 2.05) is 34.9 Å². The summed E-state index contributed by atoms with van der Waals surface area (Å²) in [7, 11) is 3.71. The van der Waals surface area contributed by atoms with Crippen LogP contribution in [0, 0.1) is 13.8 Å². The molecule has 18 heavy (non-hydrogen) atoms. The molecule has 2 N–H and O–H groups in total. The van der Waals surface area contributed by atoms with Gasteiger partial charge in [0.25, 0.3) is 5.91 Å². The molecule has 1 amide bonds. The SMILES string of the molecule is CNC(C)CNC(=O)COc1c(C)nn(C)c1C. The molecule has 1 atom stereocenters. The largest absolute Gasteiger partial charge is 0.480 e. The van der Waals surface area contributed by atoms with Gasteiger partial charge in [0.1, 0.15) is 5.69 Å². The minimum Gasteiger partial charge on any atom is -0.480 e. The number of nitrogens with one attached hydrogen (secondary N) is 2. The molecule has 6 nitrogen and oxygen atoms in total. The highest BCUT2D eigenvalue weighted by atomic mass is 16.5. The van der Waals surface area contributed by atoms with Crippen LogP contribution >= 0.6 is 0 Å². The topological polar surface area (TPSA) is 68.2 Å². The Morgan fingerprint density at radius 1 is 1.50 bits per heavy atom. The number of carbonyl (C=O) groups excluding carboxylic acids is 1. The summed E-state index contributed by atoms with van der Waals surface area (Å²) in [5, 5.41) is 10.1. The summed E-state index contributed by atoms with van der Waals surface area (Å²) in [5.74, 6) is 0.564. The number of hydrogen-bond donors (Lipinski definition) is 2. The number of rotatable bonds is 6. The average Bonchev–Trinajstić information content (AvgIpc) is 2.58. The van der Waals surface area contributed by atoms with Gasteiger partial charge < -0.3 is 15.4 Å². The van der Waals surface area contributed by atoms with Gasteiger partial charge in [0.2, 0.25) is 0 Å². The molecule has 0 aromatic carbocycles. The maximum Gasteiger partial charge on any atom is 0.257 e. The molecule has 1 heterocycles. The Bertz CT molecular complexity index is 414. The van der Waals surface area contributed by atoms with Gasteiger partial charge >= 0.3 is 0 Å². The molecule has 1 rings (SSSR count). The van der Waals surface area contributed by atoms with E-state index in [0.717, 1.165) is 11.4 Å². The minimum atomic E-state index is -0.125. The number of nitrogens with zero attached hydrogens (tertiary/aromatic N) is 2. The van der Waals surface area contributed by atoms with Crippen LogP contribution < -0.4 is 15.4 Å². The predicted molar refractivity (Wildman–Crippen MR) is 69.7 cm³/mol. The van der Waals surface area contributed by atoms with Crippen molar-refractivity contribution < 1.29 is 9.53 Å². The molecule has 6 heteroatoms. The third kappa shape index (κ3) is 3.73. The lowest BCUT2D eigenvalue weighted by molar-refractivity contribution is -0.123. The number of hydrogen-bond acceptors (Lipinski definition) is 4. The third-order valence-electron chi connectivity index (χ3n) is 2.89. The van der Waals surface area contributed by atoms with Gasteiger partial charge in [-0.2, -0.15) is 5.10 Å². The molecule has 0 radical (unpaired) electrons. The van der Waals surface area contributed by atoms with E-state index in [4.69, 9.17) is 4.74 Å². The fourth-order valence-electron chi connectivity index (χ4n) is 1.52. The first-order chi connectivity index (χ1) is 8.45. The maximum absolute atomic E-state index is 11.6. The van der Waals surface area contributed by atoms with E-state index in [2.05, 4.69) is 15.7 Å². The van der Waals surface area contributed by atoms with Gasteiger partial charge in [-0.05, 0) is 27.8 Å². The molecule has 0 bridgehead atoms. The summed E-state index contributed by atoms with van der Waals surface area (Å²) in [6, 6.07) is 0.246. The minimum absolute atomic E-state index is 0.0177. The molecule has 1 aromatic rings. The van der Waals surface area contributed by atoms with Crippen LogP contribution in [-0.2, 0) is 11.8 Å². The highest BCUT2D eigenvalue weighted by molar-refractivity contribution is 5.77. The summed E-state index contributed by atoms with van der Waals surface area (Å²) >= 11 is 0. The van der Waals surface area contributed by atoms with Crippen molar-refractivity contribution in [3.8, 4) is 5.75 Å². The Labute approximate surface area is 108 Å². The lowest BCUT2D eigenvalue weighted by Gasteiger charge is -2.12. The lowest BCUT2D eigenvalue weighted by Crippen LogP contribution is -2.39. The molecule has 0 aliphatic rings. The second-order valence-corrected chi connectivity index (χ2v) is 4.41. The summed E-state index contributed by atoms with van der Waals surface area (Å²) in [6.07, 6.45) is 0. The van der Waals surface area contributed by atoms with Crippen molar-refractivity contribution in [2.24, 2.45) is 7.05 Å². The third-order valence-corrected chi connectivity index (χ3v) is 2.89. The molecule has 0 spiro atoms. The smallest absolute Gasteiger partial charge is 0.257 e. The predicted octanol–water partition coefficient (Wildman–Crippen LogP) is 0.140. The molecular weight excluding hydrogens is 232 g/mol. The number of carbonyl (C=O) groups is 1. The van der Waals surface area contributed by atoms with Crippen LogP contribution in [-0.4, -0.2) is 41.9 Å². The fraction of sp³-hybridized carbons (Fsp3) is 0.667. The van der Waals surface area contributed by atoms with Gasteiger partial charge in [-0.3, -0.25) is 9.48 Å². The van der Waals surface area contributed by atoms with Gasteiger partial charge in [0.15, 0.2) is 12.4 Å². The highest BCUT2D eigenvalue weighted by Crippen LogP contribution is 2.20. The molecule has 102 valence electrons. The Kier molecular flexibility index (Phi) is 5.15. The molecule has 0 saturated heterocycles. The van der Waals surface area contributed by atoms with Crippen molar-refractivity contribution in [1.82, 2.24) is 20.4 Å². The average molecular weight is 254 g/mol. The quantitative estimate of drug-likeness (QED) is 0.758. The van der Waals surface area contributed by atoms with E-state index in [1.54, 1.807) is 4.68 Å². The van der Waals surface area contributed by atoms with Crippen molar-refractivity contribution in [2.45, 2.75) is 26.8 Å². The molecule has 1 aromatic heterocycles. The molecule has 0 aliphatic heterocycles. The Morgan fingerprint density at radius 2 is 2.17 bits per heavy atom. The molecule has 1 unspecified atom stereocenters. The zero-order valence-corrected chi connectivity index (χ0v) is 11.7. The Balaban J connectivity index is 2.43. The van der Waals surface area contributed by atoms with Crippen LogP contribution in [0.5, 0.6) is 5.75 Å². The number of amides is 1. The van der Waals surface area contributed by atoms with Gasteiger partial charge in [0, 0.05) is 19.6 Å². The van der Waals surface area contributed by atoms with Crippen LogP contribution in [0.25, 0.3) is 0 Å². The second-order valence-electron chi connectivity index (χ2n) is 4.41. The molecule has 0 aliphatic carbocycles. The molecule has 0 saturated carbocycles. The van der Waals surface area contributed by atoms with E-state index >= 15 is 0 Å². The van der Waals surface area contributed by atoms with Crippen LogP contribution in [0.3, 0.4) is 0 Å². The summed E-state index contributed by atoms with van der Waals surface area (Å²) < 4.78 is 7.24. The summed E-state index contributed by atoms with van der Waals surface area (Å²) in [6.45, 7) is 6.38. The van der Waals surface area contributed by atoms with Crippen molar-refractivity contribution in [2.75, 3.05) is 20.2 Å². The zero-order chi connectivity index (χ0) is 13.7. The van der Waals surface area contributed by atoms with Crippen LogP contribution in [0.1, 0.15) is 18.3 Å². The van der Waals surface area contributed by atoms with Gasteiger partial charge in [-0.1, -0.05) is 0 Å². The number of aryl methyl sites for hydroxylation is 2. The first-order valence-electron chi connectivity index (χ1n) is 6.02. The van der Waals surface area contributed by atoms with Gasteiger partial charge in [0.05, 0.1) is 5.69 Å². The maximum atomic E-state index is 11.6. The Morgan fingerprint density at radius 3 is 2.67 bits per heavy atom. The van der Waals surface area contributed by atoms with E-state index in [-0.39, 0.29) is 18.6 Å². The second kappa shape index (κ2) is 6.39. The van der Waals surface area contributed by atoms with E-state index in [0.29, 0.717) is 12.3 Å². The van der Waals surface area contributed by atoms with E-state index in [1.165, 1.54) is 0 Å². The molecular formula is C12H22N4O2. The van der Waals surface area contributed by atoms with Gasteiger partial charge in [-0.15, -0.1) is 0 Å². The van der Waals surface area contributed by atoms with Crippen molar-refractivity contribution >= 4 is 5.91 Å². The van der Waals surface area contributed by atoms with Gasteiger partial charge in [-0.25, -0.2) is 0 Å². The lowest BCUT2D eigenvalue weighted by atomic mass is 10.3. The highest BCUT2D eigenvalue weighted by Gasteiger charge is 2.12. The van der Waals surface area contributed by atoms with E-state index < -0.39 is 0 Å². The number of aromatic nitrogens is 2. The van der Waals surface area contributed by atoms with Crippen LogP contribution in [0.15, 0.2) is 0 Å². The standard InChI is InChI=1S/C12H22N4O2/c1-8(13-4)6-14-11(17)7-18-12-9(2)15-16(5)10(12)3/h8,13H,6-7H2,1-5H3,(H,14,17). The number of ether oxygens (including phenoxy) is 1.